The fraction of sp³-hybridized carbons (Fsp3) is 0.480. The lowest BCUT2D eigenvalue weighted by atomic mass is 9.92. The van der Waals surface area contributed by atoms with Gasteiger partial charge in [0.2, 0.25) is 5.91 Å². The summed E-state index contributed by atoms with van der Waals surface area (Å²) in [6.07, 6.45) is 0. The van der Waals surface area contributed by atoms with Gasteiger partial charge in [0.1, 0.15) is 12.4 Å². The highest BCUT2D eigenvalue weighted by Gasteiger charge is 2.38. The summed E-state index contributed by atoms with van der Waals surface area (Å²) >= 11 is 0. The van der Waals surface area contributed by atoms with Gasteiger partial charge in [-0.15, -0.1) is 0 Å². The van der Waals surface area contributed by atoms with E-state index >= 15 is 0 Å². The molecule has 0 spiro atoms. The molecule has 2 aromatic rings. The summed E-state index contributed by atoms with van der Waals surface area (Å²) in [6, 6.07) is 7.11. The molecule has 0 bridgehead atoms. The minimum Gasteiger partial charge on any atom is -0.490 e. The first-order valence-corrected chi connectivity index (χ1v) is 12.4. The van der Waals surface area contributed by atoms with Crippen LogP contribution < -0.4 is 14.4 Å². The number of carbonyl (C=O) groups is 1. The van der Waals surface area contributed by atoms with Crippen molar-refractivity contribution in [3.63, 3.8) is 0 Å². The van der Waals surface area contributed by atoms with Gasteiger partial charge in [0.05, 0.1) is 21.7 Å². The summed E-state index contributed by atoms with van der Waals surface area (Å²) in [5, 5.41) is 0. The molecule has 1 aliphatic heterocycles. The topological polar surface area (TPSA) is 75.7 Å². The smallest absolute Gasteiger partial charge is 0.262 e. The third-order valence-corrected chi connectivity index (χ3v) is 7.68. The zero-order valence-electron chi connectivity index (χ0n) is 20.3. The molecule has 0 unspecified atom stereocenters. The Balaban J connectivity index is 2.07. The van der Waals surface area contributed by atoms with Crippen molar-refractivity contribution in [3.8, 4) is 5.75 Å². The first kappa shape index (κ1) is 24.1. The molecule has 0 radical (unpaired) electrons. The van der Waals surface area contributed by atoms with Crippen molar-refractivity contribution in [2.75, 3.05) is 22.8 Å². The van der Waals surface area contributed by atoms with Gasteiger partial charge in [-0.1, -0.05) is 19.9 Å². The van der Waals surface area contributed by atoms with Gasteiger partial charge in [-0.3, -0.25) is 9.52 Å². The number of rotatable bonds is 5. The largest absolute Gasteiger partial charge is 0.490 e. The van der Waals surface area contributed by atoms with Crippen molar-refractivity contribution in [3.05, 3.63) is 46.5 Å². The third-order valence-electron chi connectivity index (χ3n) is 6.03. The van der Waals surface area contributed by atoms with E-state index in [1.165, 1.54) is 0 Å². The molecule has 1 N–H and O–H groups in total. The van der Waals surface area contributed by atoms with Crippen LogP contribution in [0.25, 0.3) is 0 Å². The van der Waals surface area contributed by atoms with E-state index in [1.54, 1.807) is 23.1 Å². The molecule has 0 saturated carbocycles. The molecule has 0 saturated heterocycles. The molecular weight excluding hydrogens is 424 g/mol. The van der Waals surface area contributed by atoms with Crippen molar-refractivity contribution in [1.29, 1.82) is 0 Å². The van der Waals surface area contributed by atoms with Gasteiger partial charge in [-0.05, 0) is 87.9 Å². The molecule has 0 aromatic heterocycles. The number of aryl methyl sites for hydroxylation is 2. The maximum Gasteiger partial charge on any atom is 0.262 e. The van der Waals surface area contributed by atoms with Gasteiger partial charge in [-0.25, -0.2) is 8.42 Å². The maximum atomic E-state index is 13.4. The Labute approximate surface area is 192 Å². The molecule has 2 aromatic carbocycles. The van der Waals surface area contributed by atoms with Crippen LogP contribution in [0.5, 0.6) is 5.75 Å². The van der Waals surface area contributed by atoms with Crippen LogP contribution in [0.4, 0.5) is 11.4 Å². The number of nitrogens with one attached hydrogen (secondary N) is 1. The molecule has 1 heterocycles. The molecule has 32 heavy (non-hydrogen) atoms. The van der Waals surface area contributed by atoms with Crippen molar-refractivity contribution in [2.24, 2.45) is 11.3 Å². The zero-order chi connectivity index (χ0) is 24.0. The van der Waals surface area contributed by atoms with Crippen LogP contribution in [0.2, 0.25) is 0 Å². The number of carbonyl (C=O) groups excluding carboxylic acids is 1. The van der Waals surface area contributed by atoms with Gasteiger partial charge in [-0.2, -0.15) is 0 Å². The summed E-state index contributed by atoms with van der Waals surface area (Å²) in [6.45, 7) is 16.1. The second-order valence-corrected chi connectivity index (χ2v) is 11.5. The molecule has 174 valence electrons. The Morgan fingerprint density at radius 1 is 1.06 bits per heavy atom. The Morgan fingerprint density at radius 3 is 2.22 bits per heavy atom. The van der Waals surface area contributed by atoms with E-state index < -0.39 is 15.4 Å². The number of nitrogens with zero attached hydrogens (tertiary/aromatic N) is 1. The maximum absolute atomic E-state index is 13.4. The van der Waals surface area contributed by atoms with Crippen molar-refractivity contribution in [2.45, 2.75) is 60.3 Å². The standard InChI is InChI=1S/C25H34N2O4S/c1-15(2)13-27-21-12-20(9-10-22(21)31-14-25(7,8)24(27)28)26-32(29,30)23-18(5)16(3)11-17(4)19(23)6/h9-12,15,26H,13-14H2,1-8H3. The SMILES string of the molecule is Cc1cc(C)c(C)c(S(=O)(=O)Nc2ccc3c(c2)N(CC(C)C)C(=O)C(C)(C)CO3)c1C. The van der Waals surface area contributed by atoms with E-state index in [0.29, 0.717) is 28.6 Å². The number of hydrogen-bond acceptors (Lipinski definition) is 4. The van der Waals surface area contributed by atoms with Crippen LogP contribution in [0.15, 0.2) is 29.2 Å². The molecule has 3 rings (SSSR count). The minimum atomic E-state index is -3.83. The van der Waals surface area contributed by atoms with Crippen LogP contribution in [-0.2, 0) is 14.8 Å². The Hall–Kier alpha value is -2.54. The lowest BCUT2D eigenvalue weighted by Crippen LogP contribution is -2.43. The highest BCUT2D eigenvalue weighted by atomic mass is 32.2. The van der Waals surface area contributed by atoms with Gasteiger partial charge < -0.3 is 9.64 Å². The summed E-state index contributed by atoms with van der Waals surface area (Å²) in [4.78, 5) is 15.3. The van der Waals surface area contributed by atoms with Gasteiger partial charge in [0.25, 0.3) is 10.0 Å². The average Bonchev–Trinajstić information content (AvgIpc) is 2.76. The summed E-state index contributed by atoms with van der Waals surface area (Å²) in [5.74, 6) is 0.777. The molecule has 1 amide bonds. The molecule has 0 fully saturated rings. The number of ether oxygens (including phenoxy) is 1. The number of anilines is 2. The lowest BCUT2D eigenvalue weighted by Gasteiger charge is -2.29. The predicted octanol–water partition coefficient (Wildman–Crippen LogP) is 5.13. The van der Waals surface area contributed by atoms with Crippen LogP contribution >= 0.6 is 0 Å². The molecule has 0 aliphatic carbocycles. The molecule has 0 atom stereocenters. The monoisotopic (exact) mass is 458 g/mol. The lowest BCUT2D eigenvalue weighted by molar-refractivity contribution is -0.127. The molecular formula is C25H34N2O4S. The first-order chi connectivity index (χ1) is 14.7. The highest BCUT2D eigenvalue weighted by molar-refractivity contribution is 7.92. The van der Waals surface area contributed by atoms with Crippen LogP contribution in [-0.4, -0.2) is 27.5 Å². The van der Waals surface area contributed by atoms with Crippen molar-refractivity contribution in [1.82, 2.24) is 0 Å². The van der Waals surface area contributed by atoms with Crippen molar-refractivity contribution < 1.29 is 17.9 Å². The Morgan fingerprint density at radius 2 is 1.66 bits per heavy atom. The van der Waals surface area contributed by atoms with E-state index in [2.05, 4.69) is 4.72 Å². The van der Waals surface area contributed by atoms with Gasteiger partial charge in [0, 0.05) is 6.54 Å². The second kappa shape index (κ2) is 8.43. The predicted molar refractivity (Wildman–Crippen MR) is 129 cm³/mol. The number of sulfonamides is 1. The van der Waals surface area contributed by atoms with Crippen LogP contribution in [0, 0.1) is 39.0 Å². The quantitative estimate of drug-likeness (QED) is 0.674. The summed E-state index contributed by atoms with van der Waals surface area (Å²) in [5.41, 5.74) is 3.63. The average molecular weight is 459 g/mol. The van der Waals surface area contributed by atoms with Crippen LogP contribution in [0.3, 0.4) is 0 Å². The van der Waals surface area contributed by atoms with E-state index in [0.717, 1.165) is 22.3 Å². The fourth-order valence-electron chi connectivity index (χ4n) is 4.04. The minimum absolute atomic E-state index is 0.0362. The van der Waals surface area contributed by atoms with Crippen LogP contribution in [0.1, 0.15) is 49.9 Å². The van der Waals surface area contributed by atoms with Gasteiger partial charge >= 0.3 is 0 Å². The number of hydrogen-bond donors (Lipinski definition) is 1. The molecule has 1 aliphatic rings. The first-order valence-electron chi connectivity index (χ1n) is 10.9. The fourth-order valence-corrected chi connectivity index (χ4v) is 5.71. The second-order valence-electron chi connectivity index (χ2n) is 9.86. The molecule has 6 nitrogen and oxygen atoms in total. The Kier molecular flexibility index (Phi) is 6.35. The third kappa shape index (κ3) is 4.49. The van der Waals surface area contributed by atoms with E-state index in [-0.39, 0.29) is 18.4 Å². The molecule has 7 heteroatoms. The van der Waals surface area contributed by atoms with Crippen molar-refractivity contribution >= 4 is 27.3 Å². The van der Waals surface area contributed by atoms with Gasteiger partial charge in [0.15, 0.2) is 0 Å². The number of amides is 1. The highest BCUT2D eigenvalue weighted by Crippen LogP contribution is 2.39. The summed E-state index contributed by atoms with van der Waals surface area (Å²) in [7, 11) is -3.83. The van der Waals surface area contributed by atoms with E-state index in [4.69, 9.17) is 4.74 Å². The normalized spacial score (nSPS) is 15.9. The Bertz CT molecular complexity index is 1140. The zero-order valence-corrected chi connectivity index (χ0v) is 21.1. The number of benzene rings is 2. The summed E-state index contributed by atoms with van der Waals surface area (Å²) < 4.78 is 35.4. The number of fused-ring (bicyclic) bond motifs is 1. The van der Waals surface area contributed by atoms with E-state index in [1.807, 2.05) is 61.5 Å². The van der Waals surface area contributed by atoms with E-state index in [9.17, 15) is 13.2 Å².